The Balaban J connectivity index is 1.73. The predicted molar refractivity (Wildman–Crippen MR) is 93.5 cm³/mol. The molecule has 0 bridgehead atoms. The van der Waals surface area contributed by atoms with Crippen molar-refractivity contribution in [1.82, 2.24) is 14.5 Å². The van der Waals surface area contributed by atoms with E-state index in [1.54, 1.807) is 22.7 Å². The highest BCUT2D eigenvalue weighted by Crippen LogP contribution is 2.33. The molecule has 1 saturated heterocycles. The van der Waals surface area contributed by atoms with Gasteiger partial charge in [-0.2, -0.15) is 0 Å². The minimum absolute atomic E-state index is 1.02. The van der Waals surface area contributed by atoms with Crippen molar-refractivity contribution in [3.05, 3.63) is 34.4 Å². The molecular formula is C16H18N4S2. The van der Waals surface area contributed by atoms with Crippen LogP contribution in [0.15, 0.2) is 23.0 Å². The van der Waals surface area contributed by atoms with E-state index in [0.29, 0.717) is 0 Å². The second-order valence-corrected chi connectivity index (χ2v) is 7.35. The van der Waals surface area contributed by atoms with Gasteiger partial charge in [0.2, 0.25) is 0 Å². The predicted octanol–water partition coefficient (Wildman–Crippen LogP) is 4.27. The molecule has 0 amide bonds. The molecule has 6 heteroatoms. The zero-order chi connectivity index (χ0) is 15.1. The summed E-state index contributed by atoms with van der Waals surface area (Å²) in [6.45, 7) is 6.57. The molecule has 4 nitrogen and oxygen atoms in total. The van der Waals surface area contributed by atoms with E-state index in [-0.39, 0.29) is 0 Å². The lowest BCUT2D eigenvalue weighted by atomic mass is 10.2. The van der Waals surface area contributed by atoms with Crippen LogP contribution in [0.2, 0.25) is 0 Å². The van der Waals surface area contributed by atoms with Gasteiger partial charge in [-0.3, -0.25) is 4.57 Å². The van der Waals surface area contributed by atoms with E-state index < -0.39 is 0 Å². The van der Waals surface area contributed by atoms with E-state index in [1.165, 1.54) is 29.8 Å². The third-order valence-corrected chi connectivity index (χ3v) is 5.84. The summed E-state index contributed by atoms with van der Waals surface area (Å²) in [6, 6.07) is 2.22. The summed E-state index contributed by atoms with van der Waals surface area (Å²) in [6.07, 6.45) is 4.42. The smallest absolute Gasteiger partial charge is 0.193 e. The third kappa shape index (κ3) is 2.27. The van der Waals surface area contributed by atoms with E-state index >= 15 is 0 Å². The van der Waals surface area contributed by atoms with Gasteiger partial charge >= 0.3 is 0 Å². The zero-order valence-electron chi connectivity index (χ0n) is 12.7. The molecule has 0 spiro atoms. The molecule has 0 aliphatic carbocycles. The van der Waals surface area contributed by atoms with Crippen molar-refractivity contribution < 1.29 is 0 Å². The molecule has 1 aliphatic rings. The quantitative estimate of drug-likeness (QED) is 0.719. The molecule has 0 aromatic carbocycles. The Morgan fingerprint density at radius 2 is 1.91 bits per heavy atom. The normalized spacial score (nSPS) is 14.9. The molecule has 22 heavy (non-hydrogen) atoms. The van der Waals surface area contributed by atoms with E-state index in [9.17, 15) is 0 Å². The first-order valence-electron chi connectivity index (χ1n) is 7.53. The van der Waals surface area contributed by atoms with Crippen molar-refractivity contribution in [2.75, 3.05) is 18.0 Å². The topological polar surface area (TPSA) is 34.0 Å². The Morgan fingerprint density at radius 3 is 2.64 bits per heavy atom. The van der Waals surface area contributed by atoms with Crippen molar-refractivity contribution in [3.63, 3.8) is 0 Å². The fraction of sp³-hybridized carbons (Fsp3) is 0.375. The van der Waals surface area contributed by atoms with Gasteiger partial charge in [-0.1, -0.05) is 0 Å². The molecule has 0 saturated carbocycles. The molecule has 4 heterocycles. The summed E-state index contributed by atoms with van der Waals surface area (Å²) in [7, 11) is 0. The van der Waals surface area contributed by atoms with Crippen LogP contribution in [0.1, 0.15) is 24.2 Å². The van der Waals surface area contributed by atoms with Gasteiger partial charge in [0.15, 0.2) is 10.3 Å². The van der Waals surface area contributed by atoms with Crippen molar-refractivity contribution in [1.29, 1.82) is 0 Å². The summed E-state index contributed by atoms with van der Waals surface area (Å²) >= 11 is 3.42. The second-order valence-electron chi connectivity index (χ2n) is 5.64. The molecule has 3 aromatic rings. The number of anilines is 1. The fourth-order valence-corrected chi connectivity index (χ4v) is 4.72. The molecule has 0 unspecified atom stereocenters. The average Bonchev–Trinajstić information content (AvgIpc) is 3.26. The van der Waals surface area contributed by atoms with Crippen LogP contribution in [0.5, 0.6) is 0 Å². The molecule has 1 aliphatic heterocycles. The first-order valence-corrected chi connectivity index (χ1v) is 9.29. The number of aryl methyl sites for hydroxylation is 1. The summed E-state index contributed by atoms with van der Waals surface area (Å²) < 4.78 is 2.22. The Kier molecular flexibility index (Phi) is 3.50. The van der Waals surface area contributed by atoms with Crippen LogP contribution in [0.25, 0.3) is 16.4 Å². The van der Waals surface area contributed by atoms with Gasteiger partial charge in [-0.15, -0.1) is 22.7 Å². The van der Waals surface area contributed by atoms with Crippen LogP contribution in [-0.2, 0) is 0 Å². The maximum absolute atomic E-state index is 4.87. The van der Waals surface area contributed by atoms with E-state index in [1.807, 2.05) is 11.6 Å². The lowest BCUT2D eigenvalue weighted by molar-refractivity contribution is 0.948. The lowest BCUT2D eigenvalue weighted by Crippen LogP contribution is -2.17. The van der Waals surface area contributed by atoms with Crippen molar-refractivity contribution >= 4 is 27.8 Å². The summed E-state index contributed by atoms with van der Waals surface area (Å²) in [5, 5.41) is 6.38. The third-order valence-electron chi connectivity index (χ3n) is 4.19. The fourth-order valence-electron chi connectivity index (χ4n) is 3.08. The van der Waals surface area contributed by atoms with Gasteiger partial charge in [0.05, 0.1) is 5.69 Å². The maximum Gasteiger partial charge on any atom is 0.193 e. The highest BCUT2D eigenvalue weighted by atomic mass is 32.1. The number of thiazole rings is 2. The minimum Gasteiger partial charge on any atom is -0.348 e. The Labute approximate surface area is 138 Å². The Bertz CT molecular complexity index is 779. The molecule has 1 fully saturated rings. The van der Waals surface area contributed by atoms with Gasteiger partial charge in [0.1, 0.15) is 0 Å². The first-order chi connectivity index (χ1) is 10.7. The van der Waals surface area contributed by atoms with E-state index in [2.05, 4.69) is 39.7 Å². The van der Waals surface area contributed by atoms with E-state index in [4.69, 9.17) is 4.98 Å². The Morgan fingerprint density at radius 1 is 1.09 bits per heavy atom. The highest BCUT2D eigenvalue weighted by Gasteiger charge is 2.19. The maximum atomic E-state index is 4.87. The average molecular weight is 330 g/mol. The van der Waals surface area contributed by atoms with Gasteiger partial charge in [-0.05, 0) is 32.8 Å². The summed E-state index contributed by atoms with van der Waals surface area (Å²) in [5.74, 6) is 0. The zero-order valence-corrected chi connectivity index (χ0v) is 14.4. The molecular weight excluding hydrogens is 312 g/mol. The minimum atomic E-state index is 1.02. The van der Waals surface area contributed by atoms with Crippen LogP contribution in [0.3, 0.4) is 0 Å². The molecule has 4 rings (SSSR count). The van der Waals surface area contributed by atoms with E-state index in [0.717, 1.165) is 29.0 Å². The Hall–Kier alpha value is -1.66. The second kappa shape index (κ2) is 5.52. The highest BCUT2D eigenvalue weighted by molar-refractivity contribution is 7.14. The van der Waals surface area contributed by atoms with Crippen molar-refractivity contribution in [3.8, 4) is 16.4 Å². The number of hydrogen-bond donors (Lipinski definition) is 0. The van der Waals surface area contributed by atoms with Gasteiger partial charge in [-0.25, -0.2) is 9.97 Å². The monoisotopic (exact) mass is 330 g/mol. The van der Waals surface area contributed by atoms with Crippen LogP contribution in [-0.4, -0.2) is 27.6 Å². The van der Waals surface area contributed by atoms with Crippen molar-refractivity contribution in [2.45, 2.75) is 26.7 Å². The van der Waals surface area contributed by atoms with Crippen LogP contribution in [0, 0.1) is 13.8 Å². The lowest BCUT2D eigenvalue weighted by Gasteiger charge is -2.12. The van der Waals surface area contributed by atoms with Crippen LogP contribution >= 0.6 is 22.7 Å². The van der Waals surface area contributed by atoms with Crippen LogP contribution < -0.4 is 4.90 Å². The molecule has 3 aromatic heterocycles. The molecule has 0 atom stereocenters. The number of hydrogen-bond acceptors (Lipinski definition) is 5. The van der Waals surface area contributed by atoms with Crippen LogP contribution in [0.4, 0.5) is 5.13 Å². The number of rotatable bonds is 3. The van der Waals surface area contributed by atoms with Crippen molar-refractivity contribution in [2.24, 2.45) is 0 Å². The van der Waals surface area contributed by atoms with Gasteiger partial charge in [0.25, 0.3) is 0 Å². The number of aromatic nitrogens is 3. The van der Waals surface area contributed by atoms with Gasteiger partial charge in [0, 0.05) is 47.0 Å². The first kappa shape index (κ1) is 14.0. The largest absolute Gasteiger partial charge is 0.348 e. The summed E-state index contributed by atoms with van der Waals surface area (Å²) in [4.78, 5) is 11.7. The standard InChI is InChI=1S/C16H18N4S2/c1-11-9-13(12(2)20(11)15-17-5-8-21-15)14-10-22-16(18-14)19-6-3-4-7-19/h5,8-10H,3-4,6-7H2,1-2H3. The SMILES string of the molecule is Cc1cc(-c2csc(N3CCCC3)n2)c(C)n1-c1nccs1. The molecule has 0 radical (unpaired) electrons. The number of nitrogens with zero attached hydrogens (tertiary/aromatic N) is 4. The molecule has 0 N–H and O–H groups in total. The molecule has 114 valence electrons. The van der Waals surface area contributed by atoms with Gasteiger partial charge < -0.3 is 4.90 Å². The summed E-state index contributed by atoms with van der Waals surface area (Å²) in [5.41, 5.74) is 4.72.